The van der Waals surface area contributed by atoms with Crippen LogP contribution in [0.15, 0.2) is 24.3 Å². The number of primary amides is 1. The number of hydrogen-bond donors (Lipinski definition) is 4. The molecule has 11 heteroatoms. The molecular weight excluding hydrogens is 399 g/mol. The standard InChI is InChI=1S/C17H16F3N3O4S/c18-17(19,20)27-10-4-1-8(2-5-10)22-16(26)23-15-13(14(21)25)11-6-3-9(24)7-12(11)28-15/h1-2,4-5,9,24H,3,6-7H2,(H2,21,25)(H2,22,23,26). The fourth-order valence-electron chi connectivity index (χ4n) is 2.92. The highest BCUT2D eigenvalue weighted by molar-refractivity contribution is 7.17. The predicted octanol–water partition coefficient (Wildman–Crippen LogP) is 3.24. The monoisotopic (exact) mass is 415 g/mol. The van der Waals surface area contributed by atoms with Gasteiger partial charge in [0.15, 0.2) is 0 Å². The van der Waals surface area contributed by atoms with Gasteiger partial charge in [0.1, 0.15) is 10.8 Å². The molecule has 1 unspecified atom stereocenters. The van der Waals surface area contributed by atoms with Crippen LogP contribution in [0.1, 0.15) is 27.2 Å². The minimum absolute atomic E-state index is 0.218. The zero-order valence-electron chi connectivity index (χ0n) is 14.3. The Kier molecular flexibility index (Phi) is 5.47. The van der Waals surface area contributed by atoms with Crippen molar-refractivity contribution in [3.63, 3.8) is 0 Å². The SMILES string of the molecule is NC(=O)c1c(NC(=O)Nc2ccc(OC(F)(F)F)cc2)sc2c1CCC(O)C2. The Labute approximate surface area is 161 Å². The number of carbonyl (C=O) groups is 2. The van der Waals surface area contributed by atoms with Crippen molar-refractivity contribution in [3.8, 4) is 5.75 Å². The molecular formula is C17H16F3N3O4S. The van der Waals surface area contributed by atoms with Crippen molar-refractivity contribution in [3.05, 3.63) is 40.3 Å². The molecule has 0 bridgehead atoms. The number of rotatable bonds is 4. The second-order valence-electron chi connectivity index (χ2n) is 6.12. The highest BCUT2D eigenvalue weighted by Gasteiger charge is 2.31. The number of nitrogens with two attached hydrogens (primary N) is 1. The first-order chi connectivity index (χ1) is 13.1. The maximum Gasteiger partial charge on any atom is 0.573 e. The van der Waals surface area contributed by atoms with Gasteiger partial charge in [-0.2, -0.15) is 0 Å². The van der Waals surface area contributed by atoms with E-state index in [0.717, 1.165) is 33.9 Å². The van der Waals surface area contributed by atoms with Crippen LogP contribution in [-0.2, 0) is 12.8 Å². The molecule has 0 spiro atoms. The number of thiophene rings is 1. The lowest BCUT2D eigenvalue weighted by Gasteiger charge is -2.17. The summed E-state index contributed by atoms with van der Waals surface area (Å²) < 4.78 is 40.3. The normalized spacial score (nSPS) is 16.2. The molecule has 0 fully saturated rings. The minimum atomic E-state index is -4.80. The Hall–Kier alpha value is -2.79. The maximum atomic E-state index is 12.2. The lowest BCUT2D eigenvalue weighted by Crippen LogP contribution is -2.23. The van der Waals surface area contributed by atoms with E-state index in [9.17, 15) is 27.9 Å². The number of ether oxygens (including phenoxy) is 1. The number of urea groups is 1. The zero-order chi connectivity index (χ0) is 20.5. The third kappa shape index (κ3) is 4.73. The number of fused-ring (bicyclic) bond motifs is 1. The fourth-order valence-corrected chi connectivity index (χ4v) is 4.24. The van der Waals surface area contributed by atoms with Crippen molar-refractivity contribution >= 4 is 34.0 Å². The molecule has 3 rings (SSSR count). The van der Waals surface area contributed by atoms with Gasteiger partial charge in [0.25, 0.3) is 5.91 Å². The Morgan fingerprint density at radius 1 is 1.21 bits per heavy atom. The molecule has 0 aliphatic heterocycles. The Balaban J connectivity index is 1.71. The van der Waals surface area contributed by atoms with Crippen LogP contribution in [0.2, 0.25) is 0 Å². The lowest BCUT2D eigenvalue weighted by atomic mass is 9.93. The molecule has 7 nitrogen and oxygen atoms in total. The summed E-state index contributed by atoms with van der Waals surface area (Å²) in [6, 6.07) is 3.91. The summed E-state index contributed by atoms with van der Waals surface area (Å²) in [7, 11) is 0. The van der Waals surface area contributed by atoms with Gasteiger partial charge in [-0.15, -0.1) is 24.5 Å². The number of amides is 3. The first-order valence-corrected chi connectivity index (χ1v) is 9.00. The number of anilines is 2. The lowest BCUT2D eigenvalue weighted by molar-refractivity contribution is -0.274. The first-order valence-electron chi connectivity index (χ1n) is 8.18. The Morgan fingerprint density at radius 3 is 2.50 bits per heavy atom. The summed E-state index contributed by atoms with van der Waals surface area (Å²) in [6.45, 7) is 0. The number of nitrogens with one attached hydrogen (secondary N) is 2. The van der Waals surface area contributed by atoms with Gasteiger partial charge in [-0.1, -0.05) is 0 Å². The van der Waals surface area contributed by atoms with E-state index in [1.165, 1.54) is 12.1 Å². The summed E-state index contributed by atoms with van der Waals surface area (Å²) in [5.41, 5.74) is 6.61. The number of benzene rings is 1. The van der Waals surface area contributed by atoms with Gasteiger partial charge in [-0.25, -0.2) is 4.79 Å². The summed E-state index contributed by atoms with van der Waals surface area (Å²) >= 11 is 1.16. The van der Waals surface area contributed by atoms with E-state index in [1.807, 2.05) is 0 Å². The van der Waals surface area contributed by atoms with Crippen molar-refractivity contribution in [1.29, 1.82) is 0 Å². The highest BCUT2D eigenvalue weighted by atomic mass is 32.1. The van der Waals surface area contributed by atoms with Crippen LogP contribution in [0.3, 0.4) is 0 Å². The second kappa shape index (κ2) is 7.68. The summed E-state index contributed by atoms with van der Waals surface area (Å²) in [4.78, 5) is 24.8. The number of carbonyl (C=O) groups excluding carboxylic acids is 2. The number of alkyl halides is 3. The van der Waals surface area contributed by atoms with Crippen LogP contribution < -0.4 is 21.1 Å². The van der Waals surface area contributed by atoms with E-state index in [-0.39, 0.29) is 16.3 Å². The van der Waals surface area contributed by atoms with Crippen molar-refractivity contribution in [1.82, 2.24) is 0 Å². The molecule has 1 aromatic heterocycles. The van der Waals surface area contributed by atoms with Gasteiger partial charge < -0.3 is 20.9 Å². The van der Waals surface area contributed by atoms with Crippen molar-refractivity contribution < 1.29 is 32.6 Å². The van der Waals surface area contributed by atoms with Gasteiger partial charge in [0, 0.05) is 17.0 Å². The van der Waals surface area contributed by atoms with E-state index in [0.29, 0.717) is 19.3 Å². The van der Waals surface area contributed by atoms with Gasteiger partial charge in [0.2, 0.25) is 0 Å². The first kappa shape index (κ1) is 20.0. The molecule has 28 heavy (non-hydrogen) atoms. The van der Waals surface area contributed by atoms with Gasteiger partial charge >= 0.3 is 12.4 Å². The van der Waals surface area contributed by atoms with E-state index < -0.39 is 30.2 Å². The molecule has 1 heterocycles. The average Bonchev–Trinajstić information content (AvgIpc) is 2.92. The summed E-state index contributed by atoms with van der Waals surface area (Å²) in [5, 5.41) is 15.0. The van der Waals surface area contributed by atoms with Gasteiger partial charge in [-0.05, 0) is 42.7 Å². The van der Waals surface area contributed by atoms with Crippen LogP contribution in [0, 0.1) is 0 Å². The van der Waals surface area contributed by atoms with Crippen LogP contribution in [0.25, 0.3) is 0 Å². The fraction of sp³-hybridized carbons (Fsp3) is 0.294. The Morgan fingerprint density at radius 2 is 1.89 bits per heavy atom. The van der Waals surface area contributed by atoms with Crippen LogP contribution in [-0.4, -0.2) is 29.5 Å². The van der Waals surface area contributed by atoms with Crippen molar-refractivity contribution in [2.24, 2.45) is 5.73 Å². The van der Waals surface area contributed by atoms with Gasteiger partial charge in [0.05, 0.1) is 11.7 Å². The molecule has 1 aliphatic rings. The van der Waals surface area contributed by atoms with E-state index >= 15 is 0 Å². The van der Waals surface area contributed by atoms with Gasteiger partial charge in [-0.3, -0.25) is 10.1 Å². The molecule has 1 aromatic carbocycles. The van der Waals surface area contributed by atoms with Crippen molar-refractivity contribution in [2.45, 2.75) is 31.7 Å². The van der Waals surface area contributed by atoms with Crippen LogP contribution >= 0.6 is 11.3 Å². The topological polar surface area (TPSA) is 114 Å². The average molecular weight is 415 g/mol. The smallest absolute Gasteiger partial charge is 0.406 e. The zero-order valence-corrected chi connectivity index (χ0v) is 15.1. The molecule has 1 atom stereocenters. The van der Waals surface area contributed by atoms with E-state index in [2.05, 4.69) is 15.4 Å². The maximum absolute atomic E-state index is 12.2. The molecule has 1 aliphatic carbocycles. The predicted molar refractivity (Wildman–Crippen MR) is 96.6 cm³/mol. The van der Waals surface area contributed by atoms with E-state index in [1.54, 1.807) is 0 Å². The molecule has 150 valence electrons. The minimum Gasteiger partial charge on any atom is -0.406 e. The summed E-state index contributed by atoms with van der Waals surface area (Å²) in [6.07, 6.45) is -3.95. The number of aliphatic hydroxyl groups excluding tert-OH is 1. The number of aliphatic hydroxyl groups is 1. The van der Waals surface area contributed by atoms with E-state index in [4.69, 9.17) is 5.73 Å². The molecule has 3 amide bonds. The quantitative estimate of drug-likeness (QED) is 0.614. The van der Waals surface area contributed by atoms with Crippen LogP contribution in [0.4, 0.5) is 28.7 Å². The number of halogens is 3. The molecule has 2 aromatic rings. The largest absolute Gasteiger partial charge is 0.573 e. The second-order valence-corrected chi connectivity index (χ2v) is 7.23. The van der Waals surface area contributed by atoms with Crippen molar-refractivity contribution in [2.75, 3.05) is 10.6 Å². The molecule has 0 saturated heterocycles. The molecule has 0 radical (unpaired) electrons. The third-order valence-electron chi connectivity index (χ3n) is 4.06. The highest BCUT2D eigenvalue weighted by Crippen LogP contribution is 2.38. The summed E-state index contributed by atoms with van der Waals surface area (Å²) in [5.74, 6) is -1.10. The number of hydrogen-bond acceptors (Lipinski definition) is 5. The molecule has 5 N–H and O–H groups in total. The molecule has 0 saturated carbocycles. The third-order valence-corrected chi connectivity index (χ3v) is 5.23. The Bertz CT molecular complexity index is 896. The van der Waals surface area contributed by atoms with Crippen LogP contribution in [0.5, 0.6) is 5.75 Å².